The first-order valence-corrected chi connectivity index (χ1v) is 8.14. The van der Waals surface area contributed by atoms with Gasteiger partial charge < -0.3 is 15.6 Å². The summed E-state index contributed by atoms with van der Waals surface area (Å²) in [6.07, 6.45) is -1.36. The van der Waals surface area contributed by atoms with Crippen molar-refractivity contribution in [3.63, 3.8) is 0 Å². The van der Waals surface area contributed by atoms with Crippen molar-refractivity contribution in [3.8, 4) is 0 Å². The highest BCUT2D eigenvalue weighted by Gasteiger charge is 2.28. The van der Waals surface area contributed by atoms with Gasteiger partial charge in [-0.3, -0.25) is 9.89 Å². The number of aliphatic imine (C=N–C) groups is 1. The van der Waals surface area contributed by atoms with Crippen LogP contribution in [-0.2, 0) is 6.42 Å². The number of fused-ring (bicyclic) bond motifs is 1. The molecule has 0 bridgehead atoms. The molecule has 0 spiro atoms. The first kappa shape index (κ1) is 19.1. The summed E-state index contributed by atoms with van der Waals surface area (Å²) in [7, 11) is 3.09. The maximum Gasteiger partial charge on any atom is 0.401 e. The van der Waals surface area contributed by atoms with Crippen molar-refractivity contribution < 1.29 is 13.2 Å². The van der Waals surface area contributed by atoms with E-state index in [0.29, 0.717) is 19.0 Å². The van der Waals surface area contributed by atoms with Crippen molar-refractivity contribution in [2.24, 2.45) is 4.99 Å². The van der Waals surface area contributed by atoms with Gasteiger partial charge >= 0.3 is 6.18 Å². The molecule has 0 aliphatic carbocycles. The largest absolute Gasteiger partial charge is 0.401 e. The average molecular weight is 355 g/mol. The Morgan fingerprint density at radius 3 is 2.64 bits per heavy atom. The summed E-state index contributed by atoms with van der Waals surface area (Å²) in [5.74, 6) is 0.584. The summed E-state index contributed by atoms with van der Waals surface area (Å²) in [4.78, 5) is 8.55. The number of alkyl halides is 3. The molecule has 25 heavy (non-hydrogen) atoms. The molecular weight excluding hydrogens is 331 g/mol. The van der Waals surface area contributed by atoms with E-state index in [-0.39, 0.29) is 6.54 Å². The molecule has 3 N–H and O–H groups in total. The van der Waals surface area contributed by atoms with E-state index in [1.165, 1.54) is 22.9 Å². The lowest BCUT2D eigenvalue weighted by Gasteiger charge is -2.19. The van der Waals surface area contributed by atoms with Gasteiger partial charge in [0, 0.05) is 43.8 Å². The fourth-order valence-corrected chi connectivity index (χ4v) is 2.62. The van der Waals surface area contributed by atoms with Gasteiger partial charge in [0.05, 0.1) is 6.54 Å². The number of nitrogens with zero attached hydrogens (tertiary/aromatic N) is 2. The molecule has 0 atom stereocenters. The summed E-state index contributed by atoms with van der Waals surface area (Å²) < 4.78 is 36.8. The van der Waals surface area contributed by atoms with E-state index in [2.05, 4.69) is 26.7 Å². The average Bonchev–Trinajstić information content (AvgIpc) is 2.95. The van der Waals surface area contributed by atoms with E-state index in [4.69, 9.17) is 0 Å². The Morgan fingerprint density at radius 1 is 1.20 bits per heavy atom. The number of likely N-dealkylation sites (N-methyl/N-ethyl adjacent to an activating group) is 1. The van der Waals surface area contributed by atoms with Crippen LogP contribution in [0.4, 0.5) is 13.2 Å². The predicted octanol–water partition coefficient (Wildman–Crippen LogP) is 2.37. The van der Waals surface area contributed by atoms with Gasteiger partial charge in [-0.25, -0.2) is 0 Å². The second kappa shape index (κ2) is 8.75. The standard InChI is InChI=1S/C17H24F3N5/c1-21-16(23-9-10-25(2)12-17(18,19)20)22-8-7-13-11-24-15-6-4-3-5-14(13)15/h3-6,11,24H,7-10,12H2,1-2H3,(H2,21,22,23). The summed E-state index contributed by atoms with van der Waals surface area (Å²) >= 11 is 0. The van der Waals surface area contributed by atoms with E-state index in [1.54, 1.807) is 7.05 Å². The number of halogens is 3. The molecule has 1 aromatic heterocycles. The van der Waals surface area contributed by atoms with Crippen LogP contribution in [0.25, 0.3) is 10.9 Å². The van der Waals surface area contributed by atoms with Gasteiger partial charge in [0.1, 0.15) is 0 Å². The number of nitrogens with one attached hydrogen (secondary N) is 3. The molecule has 138 valence electrons. The normalized spacial score (nSPS) is 12.8. The predicted molar refractivity (Wildman–Crippen MR) is 94.9 cm³/mol. The Labute approximate surface area is 145 Å². The number of para-hydroxylation sites is 1. The number of rotatable bonds is 7. The molecule has 0 saturated heterocycles. The van der Waals surface area contributed by atoms with Crippen LogP contribution in [-0.4, -0.2) is 62.3 Å². The molecule has 1 heterocycles. The molecule has 5 nitrogen and oxygen atoms in total. The van der Waals surface area contributed by atoms with Crippen LogP contribution in [0, 0.1) is 0 Å². The third-order valence-corrected chi connectivity index (χ3v) is 3.82. The summed E-state index contributed by atoms with van der Waals surface area (Å²) in [5, 5.41) is 7.40. The third-order valence-electron chi connectivity index (χ3n) is 3.82. The SMILES string of the molecule is CN=C(NCCc1c[nH]c2ccccc12)NCCN(C)CC(F)(F)F. The van der Waals surface area contributed by atoms with Crippen molar-refractivity contribution in [2.45, 2.75) is 12.6 Å². The molecule has 2 rings (SSSR count). The minimum Gasteiger partial charge on any atom is -0.361 e. The summed E-state index contributed by atoms with van der Waals surface area (Å²) in [6, 6.07) is 8.10. The highest BCUT2D eigenvalue weighted by Crippen LogP contribution is 2.17. The molecule has 1 aromatic carbocycles. The lowest BCUT2D eigenvalue weighted by Crippen LogP contribution is -2.42. The first-order valence-electron chi connectivity index (χ1n) is 8.14. The van der Waals surface area contributed by atoms with Crippen LogP contribution < -0.4 is 10.6 Å². The Balaban J connectivity index is 1.72. The number of hydrogen-bond donors (Lipinski definition) is 3. The van der Waals surface area contributed by atoms with Crippen LogP contribution in [0.5, 0.6) is 0 Å². The number of guanidine groups is 1. The fraction of sp³-hybridized carbons (Fsp3) is 0.471. The summed E-state index contributed by atoms with van der Waals surface area (Å²) in [6.45, 7) is 0.434. The number of H-pyrrole nitrogens is 1. The monoisotopic (exact) mass is 355 g/mol. The lowest BCUT2D eigenvalue weighted by molar-refractivity contribution is -0.142. The molecular formula is C17H24F3N5. The van der Waals surface area contributed by atoms with Gasteiger partial charge in [-0.2, -0.15) is 13.2 Å². The number of aromatic amines is 1. The maximum atomic E-state index is 12.3. The molecule has 2 aromatic rings. The van der Waals surface area contributed by atoms with Crippen molar-refractivity contribution >= 4 is 16.9 Å². The summed E-state index contributed by atoms with van der Waals surface area (Å²) in [5.41, 5.74) is 2.32. The smallest absolute Gasteiger partial charge is 0.361 e. The Hall–Kier alpha value is -2.22. The van der Waals surface area contributed by atoms with Gasteiger partial charge in [-0.15, -0.1) is 0 Å². The zero-order chi connectivity index (χ0) is 18.3. The van der Waals surface area contributed by atoms with Crippen LogP contribution in [0.3, 0.4) is 0 Å². The van der Waals surface area contributed by atoms with Crippen LogP contribution in [0.1, 0.15) is 5.56 Å². The van der Waals surface area contributed by atoms with Crippen LogP contribution in [0.2, 0.25) is 0 Å². The van der Waals surface area contributed by atoms with Crippen molar-refractivity contribution in [1.82, 2.24) is 20.5 Å². The van der Waals surface area contributed by atoms with Gasteiger partial charge in [0.25, 0.3) is 0 Å². The minimum atomic E-state index is -4.17. The molecule has 0 unspecified atom stereocenters. The van der Waals surface area contributed by atoms with Crippen molar-refractivity contribution in [2.75, 3.05) is 40.3 Å². The second-order valence-corrected chi connectivity index (χ2v) is 5.89. The third kappa shape index (κ3) is 6.30. The molecule has 0 radical (unpaired) electrons. The molecule has 0 saturated carbocycles. The van der Waals surface area contributed by atoms with E-state index in [1.807, 2.05) is 24.4 Å². The van der Waals surface area contributed by atoms with Crippen LogP contribution >= 0.6 is 0 Å². The first-order chi connectivity index (χ1) is 11.9. The molecule has 0 aliphatic rings. The van der Waals surface area contributed by atoms with Crippen molar-refractivity contribution in [1.29, 1.82) is 0 Å². The molecule has 0 fully saturated rings. The number of aromatic nitrogens is 1. The zero-order valence-electron chi connectivity index (χ0n) is 14.5. The highest BCUT2D eigenvalue weighted by atomic mass is 19.4. The molecule has 8 heteroatoms. The lowest BCUT2D eigenvalue weighted by atomic mass is 10.1. The highest BCUT2D eigenvalue weighted by molar-refractivity contribution is 5.83. The molecule has 0 amide bonds. The zero-order valence-corrected chi connectivity index (χ0v) is 14.5. The van der Waals surface area contributed by atoms with E-state index in [0.717, 1.165) is 11.9 Å². The minimum absolute atomic E-state index is 0.280. The molecule has 0 aliphatic heterocycles. The second-order valence-electron chi connectivity index (χ2n) is 5.89. The van der Waals surface area contributed by atoms with Gasteiger partial charge in [-0.1, -0.05) is 18.2 Å². The number of hydrogen-bond acceptors (Lipinski definition) is 2. The van der Waals surface area contributed by atoms with Gasteiger partial charge in [0.2, 0.25) is 0 Å². The fourth-order valence-electron chi connectivity index (χ4n) is 2.62. The quantitative estimate of drug-likeness (QED) is 0.528. The Morgan fingerprint density at radius 2 is 1.92 bits per heavy atom. The van der Waals surface area contributed by atoms with E-state index < -0.39 is 12.7 Å². The van der Waals surface area contributed by atoms with Crippen LogP contribution in [0.15, 0.2) is 35.5 Å². The Bertz CT molecular complexity index is 693. The maximum absolute atomic E-state index is 12.3. The Kier molecular flexibility index (Phi) is 6.69. The van der Waals surface area contributed by atoms with Crippen molar-refractivity contribution in [3.05, 3.63) is 36.0 Å². The van der Waals surface area contributed by atoms with Gasteiger partial charge in [0.15, 0.2) is 5.96 Å². The number of benzene rings is 1. The van der Waals surface area contributed by atoms with Gasteiger partial charge in [-0.05, 0) is 25.1 Å². The van der Waals surface area contributed by atoms with E-state index in [9.17, 15) is 13.2 Å². The topological polar surface area (TPSA) is 55.5 Å². The van der Waals surface area contributed by atoms with E-state index >= 15 is 0 Å².